The van der Waals surface area contributed by atoms with E-state index in [4.69, 9.17) is 0 Å². The van der Waals surface area contributed by atoms with Crippen molar-refractivity contribution in [1.82, 2.24) is 15.5 Å². The highest BCUT2D eigenvalue weighted by atomic mass is 16.4. The lowest BCUT2D eigenvalue weighted by Gasteiger charge is -2.43. The Morgan fingerprint density at radius 2 is 2.03 bits per heavy atom. The van der Waals surface area contributed by atoms with Crippen LogP contribution in [0.5, 0.6) is 0 Å². The fourth-order valence-corrected chi connectivity index (χ4v) is 4.10. The average molecular weight is 424 g/mol. The number of rotatable bonds is 10. The summed E-state index contributed by atoms with van der Waals surface area (Å²) in [6.07, 6.45) is 8.44. The second kappa shape index (κ2) is 11.0. The van der Waals surface area contributed by atoms with Gasteiger partial charge in [-0.2, -0.15) is 0 Å². The molecule has 0 saturated carbocycles. The smallest absolute Gasteiger partial charge is 0.325 e. The van der Waals surface area contributed by atoms with E-state index >= 15 is 0 Å². The van der Waals surface area contributed by atoms with Crippen LogP contribution in [0.4, 0.5) is 0 Å². The Bertz CT molecular complexity index is 854. The maximum atomic E-state index is 12.2. The van der Waals surface area contributed by atoms with Crippen LogP contribution in [-0.4, -0.2) is 47.6 Å². The molecule has 1 unspecified atom stereocenters. The molecule has 1 aromatic rings. The lowest BCUT2D eigenvalue weighted by Crippen LogP contribution is -2.61. The minimum absolute atomic E-state index is 0.00914. The van der Waals surface area contributed by atoms with Gasteiger partial charge >= 0.3 is 5.97 Å². The lowest BCUT2D eigenvalue weighted by molar-refractivity contribution is -0.146. The summed E-state index contributed by atoms with van der Waals surface area (Å²) in [5.41, 5.74) is 4.36. The monoisotopic (exact) mass is 423 g/mol. The van der Waals surface area contributed by atoms with Gasteiger partial charge in [-0.05, 0) is 43.7 Å². The lowest BCUT2D eigenvalue weighted by atomic mass is 9.99. The second-order valence-corrected chi connectivity index (χ2v) is 8.40. The summed E-state index contributed by atoms with van der Waals surface area (Å²) in [4.78, 5) is 25.8. The van der Waals surface area contributed by atoms with E-state index in [-0.39, 0.29) is 11.9 Å². The number of aliphatic carboxylic acids is 1. The predicted octanol–water partition coefficient (Wildman–Crippen LogP) is 3.55. The van der Waals surface area contributed by atoms with Gasteiger partial charge in [0, 0.05) is 31.8 Å². The minimum atomic E-state index is -0.863. The van der Waals surface area contributed by atoms with Crippen molar-refractivity contribution in [1.29, 1.82) is 0 Å². The van der Waals surface area contributed by atoms with E-state index < -0.39 is 12.0 Å². The molecule has 2 aliphatic heterocycles. The molecular weight excluding hydrogens is 390 g/mol. The number of hydrogen-bond acceptors (Lipinski definition) is 4. The average Bonchev–Trinajstić information content (AvgIpc) is 2.72. The number of hydrogen-bond donors (Lipinski definition) is 3. The molecule has 1 fully saturated rings. The van der Waals surface area contributed by atoms with Crippen LogP contribution in [0, 0.1) is 0 Å². The molecule has 6 heteroatoms. The van der Waals surface area contributed by atoms with Crippen molar-refractivity contribution >= 4 is 11.9 Å². The number of carboxylic acids is 1. The first-order valence-electron chi connectivity index (χ1n) is 11.0. The van der Waals surface area contributed by atoms with Gasteiger partial charge < -0.3 is 15.7 Å². The summed E-state index contributed by atoms with van der Waals surface area (Å²) in [5.74, 6) is -0.847. The van der Waals surface area contributed by atoms with Crippen LogP contribution in [0.15, 0.2) is 65.9 Å². The molecule has 2 heterocycles. The van der Waals surface area contributed by atoms with Crippen LogP contribution in [0.1, 0.15) is 50.6 Å². The van der Waals surface area contributed by atoms with Gasteiger partial charge in [-0.1, -0.05) is 54.6 Å². The van der Waals surface area contributed by atoms with Crippen molar-refractivity contribution in [2.24, 2.45) is 0 Å². The molecule has 1 atom stereocenters. The van der Waals surface area contributed by atoms with Gasteiger partial charge in [0.25, 0.3) is 0 Å². The van der Waals surface area contributed by atoms with Gasteiger partial charge in [0.05, 0.1) is 6.04 Å². The number of likely N-dealkylation sites (tertiary alicyclic amines) is 1. The molecule has 3 rings (SSSR count). The van der Waals surface area contributed by atoms with E-state index in [0.29, 0.717) is 19.5 Å². The highest BCUT2D eigenvalue weighted by Gasteiger charge is 2.37. The largest absolute Gasteiger partial charge is 0.480 e. The zero-order chi connectivity index (χ0) is 22.2. The normalized spacial score (nSPS) is 18.4. The number of nitrogens with one attached hydrogen (secondary N) is 2. The van der Waals surface area contributed by atoms with Crippen molar-refractivity contribution in [3.8, 4) is 0 Å². The van der Waals surface area contributed by atoms with Crippen LogP contribution in [0.25, 0.3) is 0 Å². The standard InChI is InChI=1S/C25H33N3O3/c1-18(13-14-20-11-7-15-26-19(20)2)8-6-12-23(29)27-22-16-28(17-22)24(25(30)31)21-9-4-3-5-10-21/h3-5,9-10,13-14,22,24,26H,1,6-8,11-12,15-17H2,2H3,(H,27,29)(H,30,31)/b14-13-. The number of carboxylic acid groups (broad SMARTS) is 1. The van der Waals surface area contributed by atoms with E-state index in [1.54, 1.807) is 0 Å². The van der Waals surface area contributed by atoms with Gasteiger partial charge in [-0.25, -0.2) is 0 Å². The van der Waals surface area contributed by atoms with E-state index in [0.717, 1.165) is 43.4 Å². The highest BCUT2D eigenvalue weighted by Crippen LogP contribution is 2.26. The van der Waals surface area contributed by atoms with Crippen molar-refractivity contribution in [2.45, 2.75) is 51.1 Å². The minimum Gasteiger partial charge on any atom is -0.480 e. The predicted molar refractivity (Wildman–Crippen MR) is 122 cm³/mol. The summed E-state index contributed by atoms with van der Waals surface area (Å²) in [7, 11) is 0. The van der Waals surface area contributed by atoms with E-state index in [2.05, 4.69) is 36.3 Å². The Kier molecular flexibility index (Phi) is 8.06. The Morgan fingerprint density at radius 1 is 1.29 bits per heavy atom. The zero-order valence-electron chi connectivity index (χ0n) is 18.3. The molecule has 1 saturated heterocycles. The molecule has 0 bridgehead atoms. The van der Waals surface area contributed by atoms with Crippen LogP contribution >= 0.6 is 0 Å². The Labute approximate surface area is 184 Å². The van der Waals surface area contributed by atoms with Gasteiger partial charge in [0.1, 0.15) is 6.04 Å². The van der Waals surface area contributed by atoms with Crippen LogP contribution < -0.4 is 10.6 Å². The van der Waals surface area contributed by atoms with Crippen molar-refractivity contribution < 1.29 is 14.7 Å². The Hall–Kier alpha value is -2.86. The molecule has 0 aliphatic carbocycles. The third-order valence-corrected chi connectivity index (χ3v) is 5.91. The van der Waals surface area contributed by atoms with E-state index in [1.807, 2.05) is 35.2 Å². The van der Waals surface area contributed by atoms with Crippen LogP contribution in [0.3, 0.4) is 0 Å². The quantitative estimate of drug-likeness (QED) is 0.502. The zero-order valence-corrected chi connectivity index (χ0v) is 18.3. The SMILES string of the molecule is C=C(/C=C\C1=C(C)NCCC1)CCCC(=O)NC1CN(C(C(=O)O)c2ccccc2)C1. The molecule has 31 heavy (non-hydrogen) atoms. The van der Waals surface area contributed by atoms with Gasteiger partial charge in [0.15, 0.2) is 0 Å². The molecule has 6 nitrogen and oxygen atoms in total. The molecule has 166 valence electrons. The molecule has 1 amide bonds. The number of allylic oxidation sites excluding steroid dienone is 5. The molecule has 0 aromatic heterocycles. The molecular formula is C25H33N3O3. The van der Waals surface area contributed by atoms with Crippen LogP contribution in [0.2, 0.25) is 0 Å². The van der Waals surface area contributed by atoms with Gasteiger partial charge in [-0.3, -0.25) is 14.5 Å². The molecule has 1 aromatic carbocycles. The highest BCUT2D eigenvalue weighted by molar-refractivity contribution is 5.77. The number of nitrogens with zero attached hydrogens (tertiary/aromatic N) is 1. The van der Waals surface area contributed by atoms with Crippen molar-refractivity contribution in [2.75, 3.05) is 19.6 Å². The fraction of sp³-hybridized carbons (Fsp3) is 0.440. The summed E-state index contributed by atoms with van der Waals surface area (Å²) in [6, 6.07) is 8.56. The number of carbonyl (C=O) groups is 2. The summed E-state index contributed by atoms with van der Waals surface area (Å²) in [5, 5.41) is 16.0. The Morgan fingerprint density at radius 3 is 2.71 bits per heavy atom. The number of carbonyl (C=O) groups excluding carboxylic acids is 1. The maximum absolute atomic E-state index is 12.2. The van der Waals surface area contributed by atoms with Gasteiger partial charge in [-0.15, -0.1) is 0 Å². The maximum Gasteiger partial charge on any atom is 0.325 e. The van der Waals surface area contributed by atoms with Gasteiger partial charge in [0.2, 0.25) is 5.91 Å². The molecule has 3 N–H and O–H groups in total. The van der Waals surface area contributed by atoms with Crippen molar-refractivity contribution in [3.63, 3.8) is 0 Å². The van der Waals surface area contributed by atoms with Crippen molar-refractivity contribution in [3.05, 3.63) is 71.5 Å². The van der Waals surface area contributed by atoms with Crippen LogP contribution in [-0.2, 0) is 9.59 Å². The first-order chi connectivity index (χ1) is 14.9. The third-order valence-electron chi connectivity index (χ3n) is 5.91. The summed E-state index contributed by atoms with van der Waals surface area (Å²) in [6.45, 7) is 8.35. The second-order valence-electron chi connectivity index (χ2n) is 8.40. The summed E-state index contributed by atoms with van der Waals surface area (Å²) < 4.78 is 0. The molecule has 0 spiro atoms. The Balaban J connectivity index is 1.35. The number of amides is 1. The third kappa shape index (κ3) is 6.56. The number of benzene rings is 1. The first kappa shape index (κ1) is 22.8. The van der Waals surface area contributed by atoms with E-state index in [9.17, 15) is 14.7 Å². The fourth-order valence-electron chi connectivity index (χ4n) is 4.10. The summed E-state index contributed by atoms with van der Waals surface area (Å²) >= 11 is 0. The molecule has 2 aliphatic rings. The topological polar surface area (TPSA) is 81.7 Å². The van der Waals surface area contributed by atoms with E-state index in [1.165, 1.54) is 11.3 Å². The molecule has 0 radical (unpaired) electrons. The first-order valence-corrected chi connectivity index (χ1v) is 11.0.